The number of hydrogen-bond acceptors (Lipinski definition) is 3. The van der Waals surface area contributed by atoms with E-state index >= 15 is 0 Å². The quantitative estimate of drug-likeness (QED) is 0.379. The molecule has 3 nitrogen and oxygen atoms in total. The molecule has 0 spiro atoms. The molecule has 1 saturated carbocycles. The summed E-state index contributed by atoms with van der Waals surface area (Å²) in [7, 11) is 2.05. The Labute approximate surface area is 128 Å². The van der Waals surface area contributed by atoms with Crippen LogP contribution in [0.15, 0.2) is 0 Å². The van der Waals surface area contributed by atoms with Crippen molar-refractivity contribution in [3.8, 4) is 0 Å². The molecule has 0 heterocycles. The van der Waals surface area contributed by atoms with Crippen LogP contribution in [0.3, 0.4) is 0 Å². The van der Waals surface area contributed by atoms with Crippen molar-refractivity contribution in [2.24, 2.45) is 11.3 Å². The summed E-state index contributed by atoms with van der Waals surface area (Å²) in [6.07, 6.45) is 8.59. The van der Waals surface area contributed by atoms with Gasteiger partial charge in [0.25, 0.3) is 0 Å². The third-order valence-corrected chi connectivity index (χ3v) is 5.41. The molecule has 20 heavy (non-hydrogen) atoms. The maximum atomic E-state index is 11.5. The molecule has 5 heteroatoms. The lowest BCUT2D eigenvalue weighted by Gasteiger charge is -2.31. The molecule has 0 N–H and O–H groups in total. The minimum absolute atomic E-state index is 0.0612. The first-order valence-electron chi connectivity index (χ1n) is 7.83. The molecule has 0 unspecified atom stereocenters. The first-order valence-corrected chi connectivity index (χ1v) is 10.3. The normalized spacial score (nSPS) is 20.0. The molecule has 0 radical (unpaired) electrons. The summed E-state index contributed by atoms with van der Waals surface area (Å²) in [5, 5.41) is 0. The molecule has 1 fully saturated rings. The SMILES string of the molecule is CC(C)CCCOCC1(CS(=O)(=O)Cl)CCCCCC1. The molecular weight excluding hydrogens is 296 g/mol. The van der Waals surface area contributed by atoms with Gasteiger partial charge in [-0.15, -0.1) is 0 Å². The summed E-state index contributed by atoms with van der Waals surface area (Å²) in [6.45, 7) is 5.67. The van der Waals surface area contributed by atoms with Crippen molar-refractivity contribution in [3.63, 3.8) is 0 Å². The molecule has 0 saturated heterocycles. The number of ether oxygens (including phenoxy) is 1. The van der Waals surface area contributed by atoms with Crippen LogP contribution in [-0.2, 0) is 13.8 Å². The fourth-order valence-electron chi connectivity index (χ4n) is 3.06. The van der Waals surface area contributed by atoms with E-state index in [1.807, 2.05) is 0 Å². The van der Waals surface area contributed by atoms with Gasteiger partial charge in [0.2, 0.25) is 9.05 Å². The van der Waals surface area contributed by atoms with E-state index in [2.05, 4.69) is 13.8 Å². The first kappa shape index (κ1) is 18.2. The number of rotatable bonds is 8. The van der Waals surface area contributed by atoms with Crippen molar-refractivity contribution < 1.29 is 13.2 Å². The Kier molecular flexibility index (Phi) is 7.84. The lowest BCUT2D eigenvalue weighted by molar-refractivity contribution is 0.0432. The minimum atomic E-state index is -3.46. The Morgan fingerprint density at radius 3 is 2.25 bits per heavy atom. The van der Waals surface area contributed by atoms with Gasteiger partial charge in [-0.3, -0.25) is 0 Å². The Balaban J connectivity index is 2.49. The minimum Gasteiger partial charge on any atom is -0.381 e. The Morgan fingerprint density at radius 2 is 1.75 bits per heavy atom. The van der Waals surface area contributed by atoms with Crippen LogP contribution in [0, 0.1) is 11.3 Å². The van der Waals surface area contributed by atoms with E-state index in [1.165, 1.54) is 12.8 Å². The second-order valence-corrected chi connectivity index (χ2v) is 9.46. The fourth-order valence-corrected chi connectivity index (χ4v) is 4.85. The van der Waals surface area contributed by atoms with Gasteiger partial charge in [-0.2, -0.15) is 0 Å². The molecule has 1 aliphatic rings. The van der Waals surface area contributed by atoms with E-state index in [0.717, 1.165) is 45.1 Å². The van der Waals surface area contributed by atoms with Crippen molar-refractivity contribution >= 4 is 19.7 Å². The van der Waals surface area contributed by atoms with Gasteiger partial charge in [0.05, 0.1) is 12.4 Å². The van der Waals surface area contributed by atoms with Crippen molar-refractivity contribution in [1.29, 1.82) is 0 Å². The topological polar surface area (TPSA) is 43.4 Å². The highest BCUT2D eigenvalue weighted by atomic mass is 35.7. The summed E-state index contributed by atoms with van der Waals surface area (Å²) in [6, 6.07) is 0. The highest BCUT2D eigenvalue weighted by molar-refractivity contribution is 8.13. The van der Waals surface area contributed by atoms with Crippen molar-refractivity contribution in [2.45, 2.75) is 65.2 Å². The Bertz CT molecular complexity index is 357. The zero-order chi connectivity index (χ0) is 15.1. The Hall–Kier alpha value is 0.200. The molecule has 0 bridgehead atoms. The Morgan fingerprint density at radius 1 is 1.15 bits per heavy atom. The van der Waals surface area contributed by atoms with E-state index in [0.29, 0.717) is 12.5 Å². The van der Waals surface area contributed by atoms with Crippen LogP contribution < -0.4 is 0 Å². The van der Waals surface area contributed by atoms with E-state index in [4.69, 9.17) is 15.4 Å². The standard InChI is InChI=1S/C15H29ClO3S/c1-14(2)8-7-11-19-12-15(13-20(16,17)18)9-5-3-4-6-10-15/h14H,3-13H2,1-2H3. The van der Waals surface area contributed by atoms with Crippen LogP contribution in [0.25, 0.3) is 0 Å². The van der Waals surface area contributed by atoms with E-state index in [1.54, 1.807) is 0 Å². The van der Waals surface area contributed by atoms with E-state index < -0.39 is 9.05 Å². The molecule has 120 valence electrons. The third kappa shape index (κ3) is 7.84. The van der Waals surface area contributed by atoms with E-state index in [9.17, 15) is 8.42 Å². The van der Waals surface area contributed by atoms with Crippen molar-refractivity contribution in [1.82, 2.24) is 0 Å². The van der Waals surface area contributed by atoms with Gasteiger partial charge in [-0.25, -0.2) is 8.42 Å². The van der Waals surface area contributed by atoms with Gasteiger partial charge < -0.3 is 4.74 Å². The summed E-state index contributed by atoms with van der Waals surface area (Å²) < 4.78 is 28.8. The molecule has 0 aromatic heterocycles. The van der Waals surface area contributed by atoms with Crippen molar-refractivity contribution in [2.75, 3.05) is 19.0 Å². The van der Waals surface area contributed by atoms with Gasteiger partial charge in [0.1, 0.15) is 0 Å². The van der Waals surface area contributed by atoms with E-state index in [-0.39, 0.29) is 11.2 Å². The van der Waals surface area contributed by atoms with Crippen LogP contribution in [0.5, 0.6) is 0 Å². The lowest BCUT2D eigenvalue weighted by atomic mass is 9.83. The zero-order valence-corrected chi connectivity index (χ0v) is 14.4. The predicted molar refractivity (Wildman–Crippen MR) is 84.7 cm³/mol. The number of halogens is 1. The second-order valence-electron chi connectivity index (χ2n) is 6.69. The number of hydrogen-bond donors (Lipinski definition) is 0. The fraction of sp³-hybridized carbons (Fsp3) is 1.00. The predicted octanol–water partition coefficient (Wildman–Crippen LogP) is 4.35. The highest BCUT2D eigenvalue weighted by Gasteiger charge is 2.35. The lowest BCUT2D eigenvalue weighted by Crippen LogP contribution is -2.33. The largest absolute Gasteiger partial charge is 0.381 e. The summed E-state index contributed by atoms with van der Waals surface area (Å²) in [5.74, 6) is 0.750. The highest BCUT2D eigenvalue weighted by Crippen LogP contribution is 2.37. The monoisotopic (exact) mass is 324 g/mol. The van der Waals surface area contributed by atoms with Gasteiger partial charge >= 0.3 is 0 Å². The molecule has 0 atom stereocenters. The summed E-state index contributed by atoms with van der Waals surface area (Å²) in [5.41, 5.74) is -0.255. The van der Waals surface area contributed by atoms with Gasteiger partial charge in [0, 0.05) is 22.7 Å². The van der Waals surface area contributed by atoms with Crippen LogP contribution >= 0.6 is 10.7 Å². The van der Waals surface area contributed by atoms with Gasteiger partial charge in [0.15, 0.2) is 0 Å². The summed E-state index contributed by atoms with van der Waals surface area (Å²) in [4.78, 5) is 0. The third-order valence-electron chi connectivity index (χ3n) is 4.12. The maximum absolute atomic E-state index is 11.5. The van der Waals surface area contributed by atoms with Gasteiger partial charge in [-0.1, -0.05) is 39.5 Å². The van der Waals surface area contributed by atoms with Crippen LogP contribution in [0.2, 0.25) is 0 Å². The molecule has 0 aromatic rings. The molecule has 0 aliphatic heterocycles. The smallest absolute Gasteiger partial charge is 0.233 e. The molecule has 0 amide bonds. The van der Waals surface area contributed by atoms with Crippen LogP contribution in [0.1, 0.15) is 65.2 Å². The first-order chi connectivity index (χ1) is 9.33. The summed E-state index contributed by atoms with van der Waals surface area (Å²) >= 11 is 0. The van der Waals surface area contributed by atoms with Crippen LogP contribution in [0.4, 0.5) is 0 Å². The molecule has 0 aromatic carbocycles. The second kappa shape index (κ2) is 8.60. The zero-order valence-electron chi connectivity index (χ0n) is 12.9. The average molecular weight is 325 g/mol. The van der Waals surface area contributed by atoms with Gasteiger partial charge in [-0.05, 0) is 31.6 Å². The van der Waals surface area contributed by atoms with Crippen molar-refractivity contribution in [3.05, 3.63) is 0 Å². The average Bonchev–Trinajstić information content (AvgIpc) is 2.52. The molecular formula is C15H29ClO3S. The maximum Gasteiger partial charge on any atom is 0.233 e. The van der Waals surface area contributed by atoms with Crippen LogP contribution in [-0.4, -0.2) is 27.4 Å². The molecule has 1 rings (SSSR count). The molecule has 1 aliphatic carbocycles.